The fourth-order valence-electron chi connectivity index (χ4n) is 3.71. The summed E-state index contributed by atoms with van der Waals surface area (Å²) in [4.78, 5) is 27.1. The van der Waals surface area contributed by atoms with Gasteiger partial charge in [0.05, 0.1) is 0 Å². The molecule has 0 unspecified atom stereocenters. The predicted molar refractivity (Wildman–Crippen MR) is 113 cm³/mol. The molecule has 6 heteroatoms. The number of carbonyl (C=O) groups excluding carboxylic acids is 1. The highest BCUT2D eigenvalue weighted by atomic mass is 16.5. The molecule has 0 saturated heterocycles. The number of rotatable bonds is 6. The second-order valence-corrected chi connectivity index (χ2v) is 6.86. The number of fused-ring (bicyclic) bond motifs is 3. The van der Waals surface area contributed by atoms with Crippen LogP contribution in [0.15, 0.2) is 72.9 Å². The first-order valence-corrected chi connectivity index (χ1v) is 9.59. The molecular weight excluding hydrogens is 380 g/mol. The molecule has 1 aromatic heterocycles. The third-order valence-electron chi connectivity index (χ3n) is 5.05. The van der Waals surface area contributed by atoms with E-state index in [1.54, 1.807) is 24.3 Å². The minimum absolute atomic E-state index is 0.00668. The van der Waals surface area contributed by atoms with Gasteiger partial charge < -0.3 is 15.2 Å². The second-order valence-electron chi connectivity index (χ2n) is 6.86. The number of carboxylic acids is 1. The van der Waals surface area contributed by atoms with Crippen molar-refractivity contribution in [1.29, 1.82) is 0 Å². The second kappa shape index (κ2) is 8.61. The fourth-order valence-corrected chi connectivity index (χ4v) is 3.71. The first-order chi connectivity index (χ1) is 14.6. The van der Waals surface area contributed by atoms with Crippen molar-refractivity contribution in [1.82, 2.24) is 10.3 Å². The lowest BCUT2D eigenvalue weighted by atomic mass is 9.98. The summed E-state index contributed by atoms with van der Waals surface area (Å²) >= 11 is 0. The lowest BCUT2D eigenvalue weighted by Gasteiger charge is -2.14. The van der Waals surface area contributed by atoms with Crippen molar-refractivity contribution in [3.63, 3.8) is 0 Å². The molecule has 1 amide bonds. The van der Waals surface area contributed by atoms with Crippen molar-refractivity contribution >= 4 is 18.1 Å². The molecule has 0 saturated carbocycles. The highest BCUT2D eigenvalue weighted by molar-refractivity contribution is 5.89. The van der Waals surface area contributed by atoms with E-state index in [2.05, 4.69) is 34.6 Å². The van der Waals surface area contributed by atoms with Gasteiger partial charge in [0, 0.05) is 24.2 Å². The molecule has 1 aliphatic carbocycles. The van der Waals surface area contributed by atoms with E-state index >= 15 is 0 Å². The quantitative estimate of drug-likeness (QED) is 0.643. The Morgan fingerprint density at radius 3 is 2.33 bits per heavy atom. The summed E-state index contributed by atoms with van der Waals surface area (Å²) in [5, 5.41) is 11.8. The number of nitrogens with one attached hydrogen (secondary N) is 1. The van der Waals surface area contributed by atoms with Crippen molar-refractivity contribution in [2.24, 2.45) is 0 Å². The Bertz CT molecular complexity index is 1080. The number of pyridine rings is 1. The number of carbonyl (C=O) groups is 2. The molecule has 0 radical (unpaired) electrons. The van der Waals surface area contributed by atoms with Crippen LogP contribution in [0.5, 0.6) is 0 Å². The average Bonchev–Trinajstić information content (AvgIpc) is 3.09. The topological polar surface area (TPSA) is 88.5 Å². The summed E-state index contributed by atoms with van der Waals surface area (Å²) in [6.45, 7) is 0.458. The van der Waals surface area contributed by atoms with Gasteiger partial charge in [-0.25, -0.2) is 14.6 Å². The molecule has 0 aliphatic heterocycles. The molecule has 30 heavy (non-hydrogen) atoms. The first-order valence-electron chi connectivity index (χ1n) is 9.59. The molecule has 150 valence electrons. The zero-order valence-corrected chi connectivity index (χ0v) is 16.1. The first kappa shape index (κ1) is 19.4. The molecule has 0 spiro atoms. The van der Waals surface area contributed by atoms with E-state index in [9.17, 15) is 9.59 Å². The molecule has 0 bridgehead atoms. The van der Waals surface area contributed by atoms with E-state index in [0.717, 1.165) is 11.1 Å². The summed E-state index contributed by atoms with van der Waals surface area (Å²) in [6, 6.07) is 19.6. The van der Waals surface area contributed by atoms with Crippen LogP contribution in [0.3, 0.4) is 0 Å². The number of amides is 1. The van der Waals surface area contributed by atoms with Crippen LogP contribution in [0.2, 0.25) is 0 Å². The van der Waals surface area contributed by atoms with Crippen LogP contribution in [-0.2, 0) is 4.74 Å². The van der Waals surface area contributed by atoms with E-state index < -0.39 is 12.1 Å². The SMILES string of the molecule is O=C(NCC=Cc1cccnc1C(=O)O)OCC1c2ccccc2-c2ccccc21. The van der Waals surface area contributed by atoms with E-state index in [-0.39, 0.29) is 24.8 Å². The van der Waals surface area contributed by atoms with Crippen LogP contribution in [0, 0.1) is 0 Å². The lowest BCUT2D eigenvalue weighted by Crippen LogP contribution is -2.26. The highest BCUT2D eigenvalue weighted by Gasteiger charge is 2.28. The minimum Gasteiger partial charge on any atom is -0.476 e. The van der Waals surface area contributed by atoms with Gasteiger partial charge in [0.25, 0.3) is 0 Å². The Balaban J connectivity index is 1.34. The van der Waals surface area contributed by atoms with E-state index in [0.29, 0.717) is 5.56 Å². The standard InChI is InChI=1S/C24H20N2O4/c27-23(28)22-16(7-5-13-25-22)8-6-14-26-24(29)30-15-21-19-11-3-1-9-17(19)18-10-2-4-12-20(18)21/h1-13,21H,14-15H2,(H,26,29)(H,27,28). The maximum Gasteiger partial charge on any atom is 0.407 e. The summed E-state index contributed by atoms with van der Waals surface area (Å²) in [5.74, 6) is -1.09. The van der Waals surface area contributed by atoms with E-state index in [4.69, 9.17) is 9.84 Å². The summed E-state index contributed by atoms with van der Waals surface area (Å²) in [6.07, 6.45) is 4.17. The van der Waals surface area contributed by atoms with Crippen LogP contribution in [0.25, 0.3) is 17.2 Å². The molecule has 2 aromatic carbocycles. The molecule has 0 fully saturated rings. The van der Waals surface area contributed by atoms with Crippen LogP contribution in [0.1, 0.15) is 33.1 Å². The Kier molecular flexibility index (Phi) is 5.57. The van der Waals surface area contributed by atoms with Gasteiger partial charge in [0.2, 0.25) is 0 Å². The summed E-state index contributed by atoms with van der Waals surface area (Å²) in [7, 11) is 0. The molecular formula is C24H20N2O4. The molecule has 0 atom stereocenters. The molecule has 6 nitrogen and oxygen atoms in total. The number of ether oxygens (including phenoxy) is 1. The van der Waals surface area contributed by atoms with Gasteiger partial charge in [-0.3, -0.25) is 0 Å². The fraction of sp³-hybridized carbons (Fsp3) is 0.125. The molecule has 1 aliphatic rings. The third kappa shape index (κ3) is 3.93. The number of hydrogen-bond donors (Lipinski definition) is 2. The van der Waals surface area contributed by atoms with Crippen LogP contribution >= 0.6 is 0 Å². The van der Waals surface area contributed by atoms with Crippen molar-refractivity contribution in [2.75, 3.05) is 13.2 Å². The number of benzene rings is 2. The zero-order chi connectivity index (χ0) is 20.9. The van der Waals surface area contributed by atoms with E-state index in [1.807, 2.05) is 24.3 Å². The van der Waals surface area contributed by atoms with Crippen molar-refractivity contribution in [3.8, 4) is 11.1 Å². The molecule has 4 rings (SSSR count). The summed E-state index contributed by atoms with van der Waals surface area (Å²) in [5.41, 5.74) is 5.11. The van der Waals surface area contributed by atoms with Crippen LogP contribution in [-0.4, -0.2) is 35.3 Å². The molecule has 1 heterocycles. The number of aromatic carboxylic acids is 1. The normalized spacial score (nSPS) is 12.4. The van der Waals surface area contributed by atoms with Crippen molar-refractivity contribution in [3.05, 3.63) is 95.3 Å². The Morgan fingerprint density at radius 1 is 1.00 bits per heavy atom. The monoisotopic (exact) mass is 400 g/mol. The summed E-state index contributed by atoms with van der Waals surface area (Å²) < 4.78 is 5.46. The largest absolute Gasteiger partial charge is 0.476 e. The van der Waals surface area contributed by atoms with Gasteiger partial charge in [0.1, 0.15) is 6.61 Å². The number of alkyl carbamates (subject to hydrolysis) is 1. The zero-order valence-electron chi connectivity index (χ0n) is 16.1. The van der Waals surface area contributed by atoms with Gasteiger partial charge in [-0.1, -0.05) is 66.7 Å². The van der Waals surface area contributed by atoms with Gasteiger partial charge in [-0.15, -0.1) is 0 Å². The number of nitrogens with zero attached hydrogens (tertiary/aromatic N) is 1. The maximum atomic E-state index is 12.1. The van der Waals surface area contributed by atoms with Gasteiger partial charge in [0.15, 0.2) is 5.69 Å². The van der Waals surface area contributed by atoms with Crippen LogP contribution in [0.4, 0.5) is 4.79 Å². The average molecular weight is 400 g/mol. The van der Waals surface area contributed by atoms with Gasteiger partial charge in [-0.05, 0) is 28.3 Å². The highest BCUT2D eigenvalue weighted by Crippen LogP contribution is 2.44. The van der Waals surface area contributed by atoms with Gasteiger partial charge >= 0.3 is 12.1 Å². The molecule has 3 aromatic rings. The Morgan fingerprint density at radius 2 is 1.67 bits per heavy atom. The van der Waals surface area contributed by atoms with E-state index in [1.165, 1.54) is 17.3 Å². The lowest BCUT2D eigenvalue weighted by molar-refractivity contribution is 0.0690. The third-order valence-corrected chi connectivity index (χ3v) is 5.05. The number of aromatic nitrogens is 1. The van der Waals surface area contributed by atoms with Crippen LogP contribution < -0.4 is 5.32 Å². The molecule has 2 N–H and O–H groups in total. The minimum atomic E-state index is -1.10. The van der Waals surface area contributed by atoms with Crippen molar-refractivity contribution < 1.29 is 19.4 Å². The predicted octanol–water partition coefficient (Wildman–Crippen LogP) is 4.33. The Labute approximate surface area is 173 Å². The Hall–Kier alpha value is -3.93. The number of hydrogen-bond acceptors (Lipinski definition) is 4. The maximum absolute atomic E-state index is 12.1. The van der Waals surface area contributed by atoms with Crippen molar-refractivity contribution in [2.45, 2.75) is 5.92 Å². The smallest absolute Gasteiger partial charge is 0.407 e. The number of carboxylic acid groups (broad SMARTS) is 1. The van der Waals surface area contributed by atoms with Gasteiger partial charge in [-0.2, -0.15) is 0 Å².